The maximum atomic E-state index is 12.6. The monoisotopic (exact) mass is 347 g/mol. The number of unbranched alkanes of at least 4 members (excludes halogenated alkanes) is 1. The maximum absolute atomic E-state index is 12.6. The van der Waals surface area contributed by atoms with Gasteiger partial charge in [0.1, 0.15) is 5.75 Å². The van der Waals surface area contributed by atoms with E-state index in [1.165, 1.54) is 0 Å². The standard InChI is InChI=1S/C19H29N3O3/c1-4-5-14-25-17-8-6-16(7-9-17)18(23)21-10-12-22(13-11-21)19(24)20-15(2)3/h6-9,15H,4-5,10-14H2,1-3H3,(H,20,24). The molecular weight excluding hydrogens is 318 g/mol. The minimum absolute atomic E-state index is 0.00373. The Bertz CT molecular complexity index is 564. The molecule has 3 amide bonds. The van der Waals surface area contributed by atoms with Crippen molar-refractivity contribution in [2.24, 2.45) is 0 Å². The molecule has 0 unspecified atom stereocenters. The second-order valence-electron chi connectivity index (χ2n) is 6.61. The highest BCUT2D eigenvalue weighted by Gasteiger charge is 2.25. The van der Waals surface area contributed by atoms with E-state index in [-0.39, 0.29) is 18.0 Å². The maximum Gasteiger partial charge on any atom is 0.317 e. The summed E-state index contributed by atoms with van der Waals surface area (Å²) in [6.45, 7) is 8.92. The highest BCUT2D eigenvalue weighted by Crippen LogP contribution is 2.15. The molecule has 138 valence electrons. The van der Waals surface area contributed by atoms with Gasteiger partial charge in [0, 0.05) is 37.8 Å². The summed E-state index contributed by atoms with van der Waals surface area (Å²) in [5, 5.41) is 2.88. The Morgan fingerprint density at radius 1 is 1.08 bits per heavy atom. The number of rotatable bonds is 6. The first-order valence-electron chi connectivity index (χ1n) is 9.09. The summed E-state index contributed by atoms with van der Waals surface area (Å²) >= 11 is 0. The van der Waals surface area contributed by atoms with E-state index in [2.05, 4.69) is 12.2 Å². The van der Waals surface area contributed by atoms with Gasteiger partial charge in [-0.15, -0.1) is 0 Å². The van der Waals surface area contributed by atoms with Crippen molar-refractivity contribution < 1.29 is 14.3 Å². The normalized spacial score (nSPS) is 14.6. The van der Waals surface area contributed by atoms with Crippen molar-refractivity contribution in [3.8, 4) is 5.75 Å². The van der Waals surface area contributed by atoms with Crippen LogP contribution in [0.15, 0.2) is 24.3 Å². The fourth-order valence-electron chi connectivity index (χ4n) is 2.66. The van der Waals surface area contributed by atoms with Crippen molar-refractivity contribution in [2.75, 3.05) is 32.8 Å². The van der Waals surface area contributed by atoms with Gasteiger partial charge < -0.3 is 19.9 Å². The number of carbonyl (C=O) groups excluding carboxylic acids is 2. The van der Waals surface area contributed by atoms with E-state index < -0.39 is 0 Å². The van der Waals surface area contributed by atoms with Gasteiger partial charge >= 0.3 is 6.03 Å². The molecule has 1 aromatic carbocycles. The Labute approximate surface area is 150 Å². The third-order valence-corrected chi connectivity index (χ3v) is 4.13. The number of urea groups is 1. The molecular formula is C19H29N3O3. The summed E-state index contributed by atoms with van der Waals surface area (Å²) in [4.78, 5) is 28.1. The van der Waals surface area contributed by atoms with Crippen LogP contribution in [0.2, 0.25) is 0 Å². The Morgan fingerprint density at radius 3 is 2.24 bits per heavy atom. The van der Waals surface area contributed by atoms with Gasteiger partial charge in [-0.1, -0.05) is 13.3 Å². The van der Waals surface area contributed by atoms with Gasteiger partial charge in [-0.3, -0.25) is 4.79 Å². The molecule has 1 N–H and O–H groups in total. The van der Waals surface area contributed by atoms with Crippen LogP contribution >= 0.6 is 0 Å². The van der Waals surface area contributed by atoms with Crippen LogP contribution in [0.1, 0.15) is 44.0 Å². The van der Waals surface area contributed by atoms with Crippen molar-refractivity contribution >= 4 is 11.9 Å². The molecule has 1 heterocycles. The smallest absolute Gasteiger partial charge is 0.317 e. The lowest BCUT2D eigenvalue weighted by atomic mass is 10.1. The van der Waals surface area contributed by atoms with E-state index in [0.717, 1.165) is 18.6 Å². The molecule has 1 saturated heterocycles. The van der Waals surface area contributed by atoms with E-state index in [9.17, 15) is 9.59 Å². The first-order valence-corrected chi connectivity index (χ1v) is 9.09. The Kier molecular flexibility index (Phi) is 7.10. The fraction of sp³-hybridized carbons (Fsp3) is 0.579. The molecule has 0 spiro atoms. The third-order valence-electron chi connectivity index (χ3n) is 4.13. The first-order chi connectivity index (χ1) is 12.0. The van der Waals surface area contributed by atoms with Crippen LogP contribution in [0.3, 0.4) is 0 Å². The average Bonchev–Trinajstić information content (AvgIpc) is 2.61. The molecule has 2 rings (SSSR count). The first kappa shape index (κ1) is 19.1. The van der Waals surface area contributed by atoms with Crippen molar-refractivity contribution in [2.45, 2.75) is 39.7 Å². The second-order valence-corrected chi connectivity index (χ2v) is 6.61. The number of carbonyl (C=O) groups is 2. The fourth-order valence-corrected chi connectivity index (χ4v) is 2.66. The number of benzene rings is 1. The quantitative estimate of drug-likeness (QED) is 0.805. The summed E-state index contributed by atoms with van der Waals surface area (Å²) in [5.41, 5.74) is 0.655. The van der Waals surface area contributed by atoms with Crippen LogP contribution in [0.4, 0.5) is 4.79 Å². The summed E-state index contributed by atoms with van der Waals surface area (Å²) in [5.74, 6) is 0.796. The number of nitrogens with zero attached hydrogens (tertiary/aromatic N) is 2. The van der Waals surface area contributed by atoms with Crippen LogP contribution in [-0.2, 0) is 0 Å². The molecule has 0 aromatic heterocycles. The topological polar surface area (TPSA) is 61.9 Å². The average molecular weight is 347 g/mol. The summed E-state index contributed by atoms with van der Waals surface area (Å²) < 4.78 is 5.62. The van der Waals surface area contributed by atoms with Crippen LogP contribution in [-0.4, -0.2) is 60.6 Å². The van der Waals surface area contributed by atoms with E-state index in [1.54, 1.807) is 9.80 Å². The van der Waals surface area contributed by atoms with Gasteiger partial charge in [0.05, 0.1) is 6.61 Å². The SMILES string of the molecule is CCCCOc1ccc(C(=O)N2CCN(C(=O)NC(C)C)CC2)cc1. The van der Waals surface area contributed by atoms with Gasteiger partial charge in [0.25, 0.3) is 5.91 Å². The van der Waals surface area contributed by atoms with Gasteiger partial charge in [0.15, 0.2) is 0 Å². The number of amides is 3. The molecule has 6 nitrogen and oxygen atoms in total. The van der Waals surface area contributed by atoms with E-state index >= 15 is 0 Å². The summed E-state index contributed by atoms with van der Waals surface area (Å²) in [6.07, 6.45) is 2.12. The van der Waals surface area contributed by atoms with Crippen molar-refractivity contribution in [1.29, 1.82) is 0 Å². The molecule has 1 aromatic rings. The van der Waals surface area contributed by atoms with Crippen LogP contribution in [0, 0.1) is 0 Å². The molecule has 0 radical (unpaired) electrons. The number of ether oxygens (including phenoxy) is 1. The van der Waals surface area contributed by atoms with E-state index in [4.69, 9.17) is 4.74 Å². The van der Waals surface area contributed by atoms with Crippen LogP contribution in [0.25, 0.3) is 0 Å². The summed E-state index contributed by atoms with van der Waals surface area (Å²) in [7, 11) is 0. The molecule has 0 atom stereocenters. The lowest BCUT2D eigenvalue weighted by Crippen LogP contribution is -2.54. The van der Waals surface area contributed by atoms with Crippen molar-refractivity contribution in [3.05, 3.63) is 29.8 Å². The molecule has 0 saturated carbocycles. The Hall–Kier alpha value is -2.24. The third kappa shape index (κ3) is 5.66. The zero-order valence-corrected chi connectivity index (χ0v) is 15.5. The zero-order chi connectivity index (χ0) is 18.2. The molecule has 25 heavy (non-hydrogen) atoms. The molecule has 1 fully saturated rings. The van der Waals surface area contributed by atoms with E-state index in [1.807, 2.05) is 38.1 Å². The van der Waals surface area contributed by atoms with Gasteiger partial charge in [-0.25, -0.2) is 4.79 Å². The summed E-state index contributed by atoms with van der Waals surface area (Å²) in [6, 6.07) is 7.36. The van der Waals surface area contributed by atoms with Gasteiger partial charge in [-0.05, 0) is 44.5 Å². The van der Waals surface area contributed by atoms with Gasteiger partial charge in [-0.2, -0.15) is 0 Å². The second kappa shape index (κ2) is 9.30. The van der Waals surface area contributed by atoms with E-state index in [0.29, 0.717) is 38.3 Å². The number of nitrogens with one attached hydrogen (secondary N) is 1. The number of hydrogen-bond donors (Lipinski definition) is 1. The molecule has 1 aliphatic rings. The Balaban J connectivity index is 1.84. The molecule has 6 heteroatoms. The van der Waals surface area contributed by atoms with Crippen LogP contribution < -0.4 is 10.1 Å². The highest BCUT2D eigenvalue weighted by molar-refractivity contribution is 5.94. The van der Waals surface area contributed by atoms with Gasteiger partial charge in [0.2, 0.25) is 0 Å². The lowest BCUT2D eigenvalue weighted by molar-refractivity contribution is 0.0664. The van der Waals surface area contributed by atoms with Crippen molar-refractivity contribution in [3.63, 3.8) is 0 Å². The Morgan fingerprint density at radius 2 is 1.68 bits per heavy atom. The number of hydrogen-bond acceptors (Lipinski definition) is 3. The largest absolute Gasteiger partial charge is 0.494 e. The minimum Gasteiger partial charge on any atom is -0.494 e. The highest BCUT2D eigenvalue weighted by atomic mass is 16.5. The number of piperazine rings is 1. The molecule has 0 bridgehead atoms. The predicted molar refractivity (Wildman–Crippen MR) is 98.0 cm³/mol. The molecule has 0 aliphatic carbocycles. The van der Waals surface area contributed by atoms with Crippen molar-refractivity contribution in [1.82, 2.24) is 15.1 Å². The molecule has 1 aliphatic heterocycles. The predicted octanol–water partition coefficient (Wildman–Crippen LogP) is 2.74. The van der Waals surface area contributed by atoms with Crippen LogP contribution in [0.5, 0.6) is 5.75 Å². The lowest BCUT2D eigenvalue weighted by Gasteiger charge is -2.35. The minimum atomic E-state index is -0.0596. The zero-order valence-electron chi connectivity index (χ0n) is 15.5.